The lowest BCUT2D eigenvalue weighted by Crippen LogP contribution is -2.16. The average molecular weight is 271 g/mol. The molecule has 102 valence electrons. The highest BCUT2D eigenvalue weighted by Gasteiger charge is 2.30. The minimum absolute atomic E-state index is 0.248. The average Bonchev–Trinajstić information content (AvgIpc) is 2.77. The van der Waals surface area contributed by atoms with Gasteiger partial charge in [-0.3, -0.25) is 5.10 Å². The van der Waals surface area contributed by atoms with Gasteiger partial charge in [0.15, 0.2) is 0 Å². The number of hydrogen-bond donors (Lipinski definition) is 2. The van der Waals surface area contributed by atoms with E-state index in [4.69, 9.17) is 0 Å². The number of benzene rings is 1. The van der Waals surface area contributed by atoms with Crippen molar-refractivity contribution in [1.29, 1.82) is 0 Å². The number of rotatable bonds is 4. The SMILES string of the molecule is CCNc1cc(-c2ccc(OC(F)(F)F)cc2)[nH]n1. The zero-order valence-electron chi connectivity index (χ0n) is 10.1. The van der Waals surface area contributed by atoms with Gasteiger partial charge >= 0.3 is 6.36 Å². The molecule has 1 heterocycles. The molecule has 19 heavy (non-hydrogen) atoms. The first-order valence-electron chi connectivity index (χ1n) is 5.63. The molecule has 0 saturated heterocycles. The fourth-order valence-electron chi connectivity index (χ4n) is 1.58. The standard InChI is InChI=1S/C12H12F3N3O/c1-2-16-11-7-10(17-18-11)8-3-5-9(6-4-8)19-12(13,14)15/h3-7H,2H2,1H3,(H2,16,17,18). The van der Waals surface area contributed by atoms with Crippen LogP contribution in [-0.4, -0.2) is 23.1 Å². The van der Waals surface area contributed by atoms with Crippen LogP contribution in [0.2, 0.25) is 0 Å². The van der Waals surface area contributed by atoms with E-state index in [9.17, 15) is 13.2 Å². The molecule has 0 amide bonds. The largest absolute Gasteiger partial charge is 0.573 e. The van der Waals surface area contributed by atoms with Crippen molar-refractivity contribution in [1.82, 2.24) is 10.2 Å². The summed E-state index contributed by atoms with van der Waals surface area (Å²) in [7, 11) is 0. The van der Waals surface area contributed by atoms with Crippen molar-refractivity contribution in [2.75, 3.05) is 11.9 Å². The number of alkyl halides is 3. The maximum Gasteiger partial charge on any atom is 0.573 e. The summed E-state index contributed by atoms with van der Waals surface area (Å²) in [5, 5.41) is 9.84. The first kappa shape index (κ1) is 13.3. The van der Waals surface area contributed by atoms with Crippen molar-refractivity contribution in [2.45, 2.75) is 13.3 Å². The Morgan fingerprint density at radius 1 is 1.26 bits per heavy atom. The quantitative estimate of drug-likeness (QED) is 0.896. The molecule has 0 atom stereocenters. The Morgan fingerprint density at radius 2 is 1.95 bits per heavy atom. The minimum atomic E-state index is -4.67. The van der Waals surface area contributed by atoms with Crippen LogP contribution in [0.5, 0.6) is 5.75 Å². The van der Waals surface area contributed by atoms with Gasteiger partial charge in [-0.25, -0.2) is 0 Å². The molecule has 2 rings (SSSR count). The third-order valence-corrected chi connectivity index (χ3v) is 2.33. The van der Waals surface area contributed by atoms with Crippen LogP contribution in [-0.2, 0) is 0 Å². The zero-order chi connectivity index (χ0) is 13.9. The molecule has 0 unspecified atom stereocenters. The highest BCUT2D eigenvalue weighted by Crippen LogP contribution is 2.26. The van der Waals surface area contributed by atoms with E-state index in [-0.39, 0.29) is 5.75 Å². The van der Waals surface area contributed by atoms with Gasteiger partial charge in [0.25, 0.3) is 0 Å². The molecular weight excluding hydrogens is 259 g/mol. The van der Waals surface area contributed by atoms with Crippen molar-refractivity contribution in [3.8, 4) is 17.0 Å². The van der Waals surface area contributed by atoms with Gasteiger partial charge in [0.05, 0.1) is 5.69 Å². The number of H-pyrrole nitrogens is 1. The van der Waals surface area contributed by atoms with Gasteiger partial charge < -0.3 is 10.1 Å². The van der Waals surface area contributed by atoms with Crippen LogP contribution in [0.4, 0.5) is 19.0 Å². The summed E-state index contributed by atoms with van der Waals surface area (Å²) >= 11 is 0. The second kappa shape index (κ2) is 5.21. The van der Waals surface area contributed by atoms with Crippen LogP contribution < -0.4 is 10.1 Å². The second-order valence-electron chi connectivity index (χ2n) is 3.77. The molecule has 0 fully saturated rings. The van der Waals surface area contributed by atoms with Crippen molar-refractivity contribution in [2.24, 2.45) is 0 Å². The van der Waals surface area contributed by atoms with Gasteiger partial charge in [-0.05, 0) is 36.8 Å². The van der Waals surface area contributed by atoms with E-state index in [1.54, 1.807) is 6.07 Å². The molecule has 1 aromatic heterocycles. The summed E-state index contributed by atoms with van der Waals surface area (Å²) in [5.74, 6) is 0.441. The molecule has 4 nitrogen and oxygen atoms in total. The lowest BCUT2D eigenvalue weighted by Gasteiger charge is -2.08. The number of anilines is 1. The monoisotopic (exact) mass is 271 g/mol. The molecular formula is C12H12F3N3O. The molecule has 2 N–H and O–H groups in total. The Balaban J connectivity index is 2.13. The van der Waals surface area contributed by atoms with E-state index in [1.165, 1.54) is 24.3 Å². The molecule has 0 spiro atoms. The third kappa shape index (κ3) is 3.64. The fraction of sp³-hybridized carbons (Fsp3) is 0.250. The molecule has 0 radical (unpaired) electrons. The van der Waals surface area contributed by atoms with Crippen LogP contribution in [0.25, 0.3) is 11.3 Å². The number of ether oxygens (including phenoxy) is 1. The normalized spacial score (nSPS) is 11.4. The zero-order valence-corrected chi connectivity index (χ0v) is 10.1. The molecule has 7 heteroatoms. The smallest absolute Gasteiger partial charge is 0.406 e. The van der Waals surface area contributed by atoms with Crippen LogP contribution >= 0.6 is 0 Å². The van der Waals surface area contributed by atoms with Crippen LogP contribution in [0.3, 0.4) is 0 Å². The Hall–Kier alpha value is -2.18. The predicted octanol–water partition coefficient (Wildman–Crippen LogP) is 3.41. The number of aromatic amines is 1. The third-order valence-electron chi connectivity index (χ3n) is 2.33. The molecule has 0 bridgehead atoms. The van der Waals surface area contributed by atoms with E-state index in [2.05, 4.69) is 20.3 Å². The van der Waals surface area contributed by atoms with E-state index in [0.717, 1.165) is 17.8 Å². The van der Waals surface area contributed by atoms with Gasteiger partial charge in [-0.15, -0.1) is 13.2 Å². The maximum atomic E-state index is 12.0. The number of nitrogens with one attached hydrogen (secondary N) is 2. The van der Waals surface area contributed by atoms with Gasteiger partial charge in [-0.2, -0.15) is 5.10 Å². The molecule has 2 aromatic rings. The van der Waals surface area contributed by atoms with Gasteiger partial charge in [-0.1, -0.05) is 0 Å². The molecule has 0 aliphatic rings. The van der Waals surface area contributed by atoms with E-state index in [0.29, 0.717) is 5.82 Å². The van der Waals surface area contributed by atoms with Crippen molar-refractivity contribution < 1.29 is 17.9 Å². The van der Waals surface area contributed by atoms with E-state index in [1.807, 2.05) is 6.92 Å². The summed E-state index contributed by atoms with van der Waals surface area (Å²) in [6.07, 6.45) is -4.67. The Labute approximate surface area is 107 Å². The number of hydrogen-bond acceptors (Lipinski definition) is 3. The van der Waals surface area contributed by atoms with Crippen molar-refractivity contribution in [3.05, 3.63) is 30.3 Å². The summed E-state index contributed by atoms with van der Waals surface area (Å²) in [6.45, 7) is 2.68. The Bertz CT molecular complexity index is 534. The van der Waals surface area contributed by atoms with Gasteiger partial charge in [0.2, 0.25) is 0 Å². The van der Waals surface area contributed by atoms with Crippen LogP contribution in [0, 0.1) is 0 Å². The molecule has 0 aliphatic heterocycles. The number of halogens is 3. The van der Waals surface area contributed by atoms with E-state index >= 15 is 0 Å². The van der Waals surface area contributed by atoms with Crippen molar-refractivity contribution >= 4 is 5.82 Å². The summed E-state index contributed by atoms with van der Waals surface area (Å²) in [6, 6.07) is 7.37. The van der Waals surface area contributed by atoms with Gasteiger partial charge in [0, 0.05) is 12.6 Å². The van der Waals surface area contributed by atoms with Crippen LogP contribution in [0.1, 0.15) is 6.92 Å². The topological polar surface area (TPSA) is 49.9 Å². The van der Waals surface area contributed by atoms with Gasteiger partial charge in [0.1, 0.15) is 11.6 Å². The summed E-state index contributed by atoms with van der Waals surface area (Å²) in [5.41, 5.74) is 1.45. The first-order chi connectivity index (χ1) is 8.98. The lowest BCUT2D eigenvalue weighted by molar-refractivity contribution is -0.274. The van der Waals surface area contributed by atoms with E-state index < -0.39 is 6.36 Å². The fourth-order valence-corrected chi connectivity index (χ4v) is 1.58. The lowest BCUT2D eigenvalue weighted by atomic mass is 10.1. The molecule has 1 aromatic carbocycles. The number of nitrogens with zero attached hydrogens (tertiary/aromatic N) is 1. The number of aromatic nitrogens is 2. The van der Waals surface area contributed by atoms with Crippen molar-refractivity contribution in [3.63, 3.8) is 0 Å². The second-order valence-corrected chi connectivity index (χ2v) is 3.77. The molecule has 0 saturated carbocycles. The minimum Gasteiger partial charge on any atom is -0.406 e. The maximum absolute atomic E-state index is 12.0. The Kier molecular flexibility index (Phi) is 3.64. The summed E-state index contributed by atoms with van der Waals surface area (Å²) in [4.78, 5) is 0. The summed E-state index contributed by atoms with van der Waals surface area (Å²) < 4.78 is 39.8. The van der Waals surface area contributed by atoms with Crippen LogP contribution in [0.15, 0.2) is 30.3 Å². The highest BCUT2D eigenvalue weighted by molar-refractivity contribution is 5.63. The Morgan fingerprint density at radius 3 is 2.53 bits per heavy atom. The predicted molar refractivity (Wildman–Crippen MR) is 64.9 cm³/mol. The molecule has 0 aliphatic carbocycles. The first-order valence-corrected chi connectivity index (χ1v) is 5.63. The highest BCUT2D eigenvalue weighted by atomic mass is 19.4.